The zero-order chi connectivity index (χ0) is 18.0. The SMILES string of the molecule is NS(=O)(=O)Oc1ccc(-c2cn(-c3ccc(CF)cc3F)nn2)cc1. The van der Waals surface area contributed by atoms with Crippen molar-refractivity contribution in [2.24, 2.45) is 5.14 Å². The maximum Gasteiger partial charge on any atom is 0.380 e. The van der Waals surface area contributed by atoms with Gasteiger partial charge in [0.2, 0.25) is 0 Å². The Morgan fingerprint density at radius 3 is 2.48 bits per heavy atom. The van der Waals surface area contributed by atoms with Crippen LogP contribution in [0.5, 0.6) is 5.75 Å². The van der Waals surface area contributed by atoms with E-state index in [0.29, 0.717) is 11.3 Å². The van der Waals surface area contributed by atoms with Crippen LogP contribution in [0.2, 0.25) is 0 Å². The van der Waals surface area contributed by atoms with Gasteiger partial charge in [-0.05, 0) is 42.0 Å². The second-order valence-corrected chi connectivity index (χ2v) is 6.22. The minimum atomic E-state index is -4.10. The van der Waals surface area contributed by atoms with Gasteiger partial charge in [-0.3, -0.25) is 0 Å². The average Bonchev–Trinajstić information content (AvgIpc) is 3.03. The van der Waals surface area contributed by atoms with Crippen molar-refractivity contribution in [2.45, 2.75) is 6.67 Å². The Morgan fingerprint density at radius 1 is 1.16 bits per heavy atom. The number of aromatic nitrogens is 3. The first-order valence-corrected chi connectivity index (χ1v) is 8.42. The van der Waals surface area contributed by atoms with E-state index in [4.69, 9.17) is 5.14 Å². The van der Waals surface area contributed by atoms with Crippen molar-refractivity contribution in [1.29, 1.82) is 0 Å². The molecule has 0 aliphatic carbocycles. The summed E-state index contributed by atoms with van der Waals surface area (Å²) in [6.45, 7) is -0.757. The van der Waals surface area contributed by atoms with Crippen LogP contribution in [0.1, 0.15) is 5.56 Å². The van der Waals surface area contributed by atoms with E-state index in [1.807, 2.05) is 0 Å². The maximum atomic E-state index is 14.0. The van der Waals surface area contributed by atoms with Crippen molar-refractivity contribution in [2.75, 3.05) is 0 Å². The van der Waals surface area contributed by atoms with Gasteiger partial charge >= 0.3 is 10.3 Å². The molecule has 2 N–H and O–H groups in total. The quantitative estimate of drug-likeness (QED) is 0.746. The van der Waals surface area contributed by atoms with Crippen molar-refractivity contribution < 1.29 is 21.4 Å². The number of rotatable bonds is 5. The van der Waals surface area contributed by atoms with Crippen molar-refractivity contribution >= 4 is 10.3 Å². The summed E-state index contributed by atoms with van der Waals surface area (Å²) in [5, 5.41) is 12.6. The number of alkyl halides is 1. The molecule has 0 unspecified atom stereocenters. The third-order valence-corrected chi connectivity index (χ3v) is 3.69. The molecule has 10 heteroatoms. The fourth-order valence-corrected chi connectivity index (χ4v) is 2.53. The summed E-state index contributed by atoms with van der Waals surface area (Å²) in [6.07, 6.45) is 1.49. The van der Waals surface area contributed by atoms with Crippen LogP contribution in [0.25, 0.3) is 16.9 Å². The van der Waals surface area contributed by atoms with Crippen molar-refractivity contribution in [1.82, 2.24) is 15.0 Å². The highest BCUT2D eigenvalue weighted by Gasteiger charge is 2.11. The van der Waals surface area contributed by atoms with Crippen LogP contribution in [0.4, 0.5) is 8.78 Å². The van der Waals surface area contributed by atoms with Crippen LogP contribution in [0.3, 0.4) is 0 Å². The van der Waals surface area contributed by atoms with E-state index in [2.05, 4.69) is 14.5 Å². The van der Waals surface area contributed by atoms with Crippen molar-refractivity contribution in [3.8, 4) is 22.7 Å². The molecule has 1 heterocycles. The molecule has 0 atom stereocenters. The summed E-state index contributed by atoms with van der Waals surface area (Å²) in [6, 6.07) is 9.86. The molecule has 25 heavy (non-hydrogen) atoms. The molecule has 0 fully saturated rings. The molecule has 3 rings (SSSR count). The summed E-state index contributed by atoms with van der Waals surface area (Å²) in [5.74, 6) is -0.574. The average molecular weight is 366 g/mol. The highest BCUT2D eigenvalue weighted by Crippen LogP contribution is 2.22. The highest BCUT2D eigenvalue weighted by molar-refractivity contribution is 7.84. The van der Waals surface area contributed by atoms with Crippen LogP contribution in [-0.2, 0) is 17.0 Å². The Morgan fingerprint density at radius 2 is 1.88 bits per heavy atom. The predicted molar refractivity (Wildman–Crippen MR) is 85.3 cm³/mol. The summed E-state index contributed by atoms with van der Waals surface area (Å²) < 4.78 is 54.0. The van der Waals surface area contributed by atoms with E-state index < -0.39 is 22.8 Å². The molecule has 0 aliphatic rings. The molecule has 7 nitrogen and oxygen atoms in total. The molecule has 0 saturated heterocycles. The molecule has 0 aliphatic heterocycles. The monoisotopic (exact) mass is 366 g/mol. The van der Waals surface area contributed by atoms with E-state index in [-0.39, 0.29) is 17.0 Å². The summed E-state index contributed by atoms with van der Waals surface area (Å²) in [7, 11) is -4.10. The smallest absolute Gasteiger partial charge is 0.371 e. The molecular weight excluding hydrogens is 354 g/mol. The second kappa shape index (κ2) is 6.57. The Labute approximate surface area is 141 Å². The molecule has 1 aromatic heterocycles. The van der Waals surface area contributed by atoms with Gasteiger partial charge in [-0.25, -0.2) is 13.5 Å². The van der Waals surface area contributed by atoms with Crippen molar-refractivity contribution in [3.63, 3.8) is 0 Å². The van der Waals surface area contributed by atoms with Gasteiger partial charge in [0.25, 0.3) is 0 Å². The number of nitrogens with zero attached hydrogens (tertiary/aromatic N) is 3. The topological polar surface area (TPSA) is 100 Å². The Bertz CT molecular complexity index is 1000. The fourth-order valence-electron chi connectivity index (χ4n) is 2.15. The molecule has 0 amide bonds. The van der Waals surface area contributed by atoms with Gasteiger partial charge in [0, 0.05) is 5.56 Å². The maximum absolute atomic E-state index is 14.0. The molecule has 3 aromatic rings. The van der Waals surface area contributed by atoms with Crippen LogP contribution in [0, 0.1) is 5.82 Å². The first-order chi connectivity index (χ1) is 11.9. The normalized spacial score (nSPS) is 11.5. The summed E-state index contributed by atoms with van der Waals surface area (Å²) in [5.41, 5.74) is 1.39. The first kappa shape index (κ1) is 17.0. The number of nitrogens with two attached hydrogens (primary N) is 1. The Balaban J connectivity index is 1.86. The standard InChI is InChI=1S/C15H12F2N4O3S/c16-8-10-1-6-15(13(17)7-10)21-9-14(19-20-21)11-2-4-12(5-3-11)24-25(18,22)23/h1-7,9H,8H2,(H2,18,22,23). The number of hydrogen-bond donors (Lipinski definition) is 1. The largest absolute Gasteiger partial charge is 0.380 e. The predicted octanol–water partition coefficient (Wildman–Crippen LogP) is 2.13. The van der Waals surface area contributed by atoms with E-state index in [0.717, 1.165) is 6.07 Å². The van der Waals surface area contributed by atoms with E-state index in [9.17, 15) is 17.2 Å². The summed E-state index contributed by atoms with van der Waals surface area (Å²) >= 11 is 0. The van der Waals surface area contributed by atoms with Gasteiger partial charge in [-0.15, -0.1) is 5.10 Å². The lowest BCUT2D eigenvalue weighted by molar-refractivity contribution is 0.482. The van der Waals surface area contributed by atoms with Crippen LogP contribution >= 0.6 is 0 Å². The van der Waals surface area contributed by atoms with Crippen LogP contribution in [-0.4, -0.2) is 23.4 Å². The van der Waals surface area contributed by atoms with Crippen LogP contribution in [0.15, 0.2) is 48.7 Å². The molecule has 0 bridgehead atoms. The van der Waals surface area contributed by atoms with Gasteiger partial charge in [-0.1, -0.05) is 11.3 Å². The van der Waals surface area contributed by atoms with Gasteiger partial charge in [0.15, 0.2) is 0 Å². The van der Waals surface area contributed by atoms with E-state index >= 15 is 0 Å². The lowest BCUT2D eigenvalue weighted by Crippen LogP contribution is -2.18. The van der Waals surface area contributed by atoms with Gasteiger partial charge in [0.1, 0.15) is 29.6 Å². The molecule has 2 aromatic carbocycles. The first-order valence-electron chi connectivity index (χ1n) is 6.95. The molecule has 0 spiro atoms. The van der Waals surface area contributed by atoms with Gasteiger partial charge in [0.05, 0.1) is 6.20 Å². The third-order valence-electron chi connectivity index (χ3n) is 3.27. The molecule has 0 saturated carbocycles. The number of benzene rings is 2. The number of halogens is 2. The minimum Gasteiger partial charge on any atom is -0.371 e. The zero-order valence-corrected chi connectivity index (χ0v) is 13.5. The lowest BCUT2D eigenvalue weighted by atomic mass is 10.1. The van der Waals surface area contributed by atoms with Gasteiger partial charge in [-0.2, -0.15) is 13.6 Å². The minimum absolute atomic E-state index is 0.0477. The highest BCUT2D eigenvalue weighted by atomic mass is 32.2. The van der Waals surface area contributed by atoms with E-state index in [1.165, 1.54) is 35.1 Å². The van der Waals surface area contributed by atoms with Gasteiger partial charge < -0.3 is 4.18 Å². The Hall–Kier alpha value is -2.85. The molecule has 0 radical (unpaired) electrons. The van der Waals surface area contributed by atoms with Crippen molar-refractivity contribution in [3.05, 3.63) is 60.0 Å². The second-order valence-electron chi connectivity index (χ2n) is 5.07. The Kier molecular flexibility index (Phi) is 4.47. The summed E-state index contributed by atoms with van der Waals surface area (Å²) in [4.78, 5) is 0. The lowest BCUT2D eigenvalue weighted by Gasteiger charge is -2.03. The molecule has 130 valence electrons. The fraction of sp³-hybridized carbons (Fsp3) is 0.0667. The number of hydrogen-bond acceptors (Lipinski definition) is 5. The zero-order valence-electron chi connectivity index (χ0n) is 12.6. The van der Waals surface area contributed by atoms with E-state index in [1.54, 1.807) is 12.1 Å². The van der Waals surface area contributed by atoms with Crippen LogP contribution < -0.4 is 9.32 Å². The third kappa shape index (κ3) is 3.98. The molecular formula is C15H12F2N4O3S.